The Balaban J connectivity index is 1.34. The van der Waals surface area contributed by atoms with Crippen LogP contribution in [0, 0.1) is 0 Å². The molecule has 10 nitrogen and oxygen atoms in total. The van der Waals surface area contributed by atoms with Gasteiger partial charge < -0.3 is 23.9 Å². The summed E-state index contributed by atoms with van der Waals surface area (Å²) in [5.74, 6) is 1.26. The first-order valence-corrected chi connectivity index (χ1v) is 13.8. The van der Waals surface area contributed by atoms with Gasteiger partial charge in [0.25, 0.3) is 11.5 Å². The number of halogens is 1. The summed E-state index contributed by atoms with van der Waals surface area (Å²) in [7, 11) is 3.03. The highest BCUT2D eigenvalue weighted by Crippen LogP contribution is 2.36. The molecule has 0 aliphatic heterocycles. The van der Waals surface area contributed by atoms with Gasteiger partial charge >= 0.3 is 0 Å². The van der Waals surface area contributed by atoms with Crippen molar-refractivity contribution < 1.29 is 23.4 Å². The minimum absolute atomic E-state index is 0.187. The number of benzene rings is 4. The number of rotatable bonds is 9. The van der Waals surface area contributed by atoms with Gasteiger partial charge in [-0.1, -0.05) is 48.0 Å². The molecule has 6 aromatic rings. The highest BCUT2D eigenvalue weighted by molar-refractivity contribution is 6.32. The monoisotopic (exact) mass is 608 g/mol. The van der Waals surface area contributed by atoms with E-state index >= 15 is 0 Å². The molecular weight excluding hydrogens is 584 g/mol. The van der Waals surface area contributed by atoms with E-state index in [0.29, 0.717) is 39.2 Å². The maximum atomic E-state index is 13.6. The fourth-order valence-electron chi connectivity index (χ4n) is 4.65. The lowest BCUT2D eigenvalue weighted by molar-refractivity contribution is -0.118. The van der Waals surface area contributed by atoms with E-state index in [1.165, 1.54) is 18.0 Å². The Bertz CT molecular complexity index is 2090. The summed E-state index contributed by atoms with van der Waals surface area (Å²) in [4.78, 5) is 30.7. The molecule has 220 valence electrons. The van der Waals surface area contributed by atoms with Gasteiger partial charge in [-0.15, -0.1) is 0 Å². The molecule has 4 aromatic carbocycles. The fourth-order valence-corrected chi connectivity index (χ4v) is 4.92. The van der Waals surface area contributed by atoms with Crippen molar-refractivity contribution in [1.29, 1.82) is 0 Å². The second kappa shape index (κ2) is 12.3. The Morgan fingerprint density at radius 2 is 1.73 bits per heavy atom. The van der Waals surface area contributed by atoms with Crippen LogP contribution in [0.5, 0.6) is 17.2 Å². The Labute approximate surface area is 256 Å². The van der Waals surface area contributed by atoms with Gasteiger partial charge in [-0.05, 0) is 60.2 Å². The quantitative estimate of drug-likeness (QED) is 0.189. The lowest BCUT2D eigenvalue weighted by Crippen LogP contribution is -2.20. The van der Waals surface area contributed by atoms with Crippen molar-refractivity contribution >= 4 is 51.3 Å². The van der Waals surface area contributed by atoms with Crippen LogP contribution in [0.3, 0.4) is 0 Å². The number of ether oxygens (including phenoxy) is 3. The molecule has 0 aliphatic rings. The van der Waals surface area contributed by atoms with Crippen LogP contribution in [0.15, 0.2) is 105 Å². The summed E-state index contributed by atoms with van der Waals surface area (Å²) in [6.45, 7) is -0.289. The van der Waals surface area contributed by atoms with Crippen LogP contribution >= 0.6 is 11.6 Å². The number of para-hydroxylation sites is 2. The number of methoxy groups -OCH3 is 2. The topological polar surface area (TPSA) is 117 Å². The number of hydrogen-bond donors (Lipinski definition) is 1. The number of amides is 1. The van der Waals surface area contributed by atoms with Gasteiger partial charge in [-0.3, -0.25) is 9.59 Å². The van der Waals surface area contributed by atoms with E-state index in [1.807, 2.05) is 30.3 Å². The SMILES string of the molecule is COc1cc(C=Nn2c(-c3cc4c(OC)cccc4o3)nc3ccccc3c2=O)cc(Cl)c1OCC(=O)Nc1ccccc1. The smallest absolute Gasteiger partial charge is 0.282 e. The van der Waals surface area contributed by atoms with E-state index in [1.54, 1.807) is 67.8 Å². The lowest BCUT2D eigenvalue weighted by atomic mass is 10.2. The lowest BCUT2D eigenvalue weighted by Gasteiger charge is -2.13. The molecule has 0 aliphatic carbocycles. The van der Waals surface area contributed by atoms with Crippen LogP contribution in [-0.2, 0) is 4.79 Å². The normalized spacial score (nSPS) is 11.2. The number of carbonyl (C=O) groups excluding carboxylic acids is 1. The van der Waals surface area contributed by atoms with Gasteiger partial charge in [-0.25, -0.2) is 4.98 Å². The molecule has 0 bridgehead atoms. The molecule has 44 heavy (non-hydrogen) atoms. The molecule has 0 atom stereocenters. The van der Waals surface area contributed by atoms with Crippen LogP contribution in [0.2, 0.25) is 5.02 Å². The van der Waals surface area contributed by atoms with E-state index < -0.39 is 5.56 Å². The summed E-state index contributed by atoms with van der Waals surface area (Å²) in [6.07, 6.45) is 1.45. The van der Waals surface area contributed by atoms with Gasteiger partial charge in [0.05, 0.1) is 41.7 Å². The number of hydrogen-bond acceptors (Lipinski definition) is 8. The molecular formula is C33H25ClN4O6. The third kappa shape index (κ3) is 5.70. The zero-order valence-electron chi connectivity index (χ0n) is 23.6. The number of nitrogens with one attached hydrogen (secondary N) is 1. The van der Waals surface area contributed by atoms with Crippen molar-refractivity contribution in [2.24, 2.45) is 5.10 Å². The average molecular weight is 609 g/mol. The molecule has 6 rings (SSSR count). The fraction of sp³-hybridized carbons (Fsp3) is 0.0909. The van der Waals surface area contributed by atoms with Gasteiger partial charge in [0.2, 0.25) is 5.82 Å². The highest BCUT2D eigenvalue weighted by atomic mass is 35.5. The summed E-state index contributed by atoms with van der Waals surface area (Å²) >= 11 is 6.54. The number of carbonyl (C=O) groups is 1. The Morgan fingerprint density at radius 1 is 0.955 bits per heavy atom. The minimum Gasteiger partial charge on any atom is -0.496 e. The number of anilines is 1. The van der Waals surface area contributed by atoms with Crippen molar-refractivity contribution in [2.75, 3.05) is 26.1 Å². The Kier molecular flexibility index (Phi) is 7.98. The maximum absolute atomic E-state index is 13.6. The van der Waals surface area contributed by atoms with Gasteiger partial charge in [-0.2, -0.15) is 9.78 Å². The second-order valence-corrected chi connectivity index (χ2v) is 9.94. The summed E-state index contributed by atoms with van der Waals surface area (Å²) in [6, 6.07) is 26.4. The van der Waals surface area contributed by atoms with Crippen LogP contribution in [0.25, 0.3) is 33.5 Å². The molecule has 2 aromatic heterocycles. The first-order valence-electron chi connectivity index (χ1n) is 13.4. The van der Waals surface area contributed by atoms with Crippen LogP contribution in [0.1, 0.15) is 5.56 Å². The van der Waals surface area contributed by atoms with E-state index in [2.05, 4.69) is 10.4 Å². The molecule has 0 saturated carbocycles. The van der Waals surface area contributed by atoms with Crippen LogP contribution in [0.4, 0.5) is 5.69 Å². The molecule has 11 heteroatoms. The molecule has 0 unspecified atom stereocenters. The Hall–Kier alpha value is -5.61. The maximum Gasteiger partial charge on any atom is 0.282 e. The minimum atomic E-state index is -0.392. The van der Waals surface area contributed by atoms with E-state index in [9.17, 15) is 9.59 Å². The van der Waals surface area contributed by atoms with Crippen molar-refractivity contribution in [3.05, 3.63) is 112 Å². The molecule has 1 amide bonds. The number of aromatic nitrogens is 2. The molecule has 2 heterocycles. The van der Waals surface area contributed by atoms with Gasteiger partial charge in [0.15, 0.2) is 23.9 Å². The van der Waals surface area contributed by atoms with Crippen molar-refractivity contribution in [3.8, 4) is 28.8 Å². The van der Waals surface area contributed by atoms with Crippen molar-refractivity contribution in [2.45, 2.75) is 0 Å². The summed E-state index contributed by atoms with van der Waals surface area (Å²) in [5.41, 5.74) is 1.82. The van der Waals surface area contributed by atoms with Crippen molar-refractivity contribution in [3.63, 3.8) is 0 Å². The first-order chi connectivity index (χ1) is 21.4. The van der Waals surface area contributed by atoms with Crippen molar-refractivity contribution in [1.82, 2.24) is 9.66 Å². The van der Waals surface area contributed by atoms with E-state index in [-0.39, 0.29) is 34.9 Å². The summed E-state index contributed by atoms with van der Waals surface area (Å²) in [5, 5.41) is 8.54. The third-order valence-corrected chi connectivity index (χ3v) is 6.98. The number of fused-ring (bicyclic) bond motifs is 2. The molecule has 0 fully saturated rings. The van der Waals surface area contributed by atoms with E-state index in [4.69, 9.17) is 35.2 Å². The average Bonchev–Trinajstić information content (AvgIpc) is 3.48. The molecule has 0 radical (unpaired) electrons. The number of nitrogens with zero attached hydrogens (tertiary/aromatic N) is 3. The standard InChI is InChI=1S/C33H25ClN4O6/c1-41-26-13-8-14-27-23(26)17-29(44-27)32-37-25-12-7-6-11-22(25)33(40)38(32)35-18-20-15-24(34)31(28(16-20)42-2)43-19-30(39)36-21-9-4-3-5-10-21/h3-18H,19H2,1-2H3,(H,36,39). The van der Waals surface area contributed by atoms with Gasteiger partial charge in [0.1, 0.15) is 11.3 Å². The highest BCUT2D eigenvalue weighted by Gasteiger charge is 2.19. The second-order valence-electron chi connectivity index (χ2n) is 9.53. The van der Waals surface area contributed by atoms with Gasteiger partial charge in [0, 0.05) is 5.69 Å². The Morgan fingerprint density at radius 3 is 2.52 bits per heavy atom. The van der Waals surface area contributed by atoms with Crippen LogP contribution in [-0.4, -0.2) is 42.6 Å². The molecule has 1 N–H and O–H groups in total. The summed E-state index contributed by atoms with van der Waals surface area (Å²) < 4.78 is 23.9. The number of furan rings is 1. The first kappa shape index (κ1) is 28.5. The predicted molar refractivity (Wildman–Crippen MR) is 169 cm³/mol. The zero-order valence-corrected chi connectivity index (χ0v) is 24.4. The molecule has 0 saturated heterocycles. The zero-order chi connectivity index (χ0) is 30.6. The third-order valence-electron chi connectivity index (χ3n) is 6.69. The predicted octanol–water partition coefficient (Wildman–Crippen LogP) is 6.38. The van der Waals surface area contributed by atoms with E-state index in [0.717, 1.165) is 5.39 Å². The largest absolute Gasteiger partial charge is 0.496 e. The van der Waals surface area contributed by atoms with Crippen LogP contribution < -0.4 is 25.1 Å². The molecule has 0 spiro atoms.